The molecular formula is C13H18ClNO2. The second-order valence-corrected chi connectivity index (χ2v) is 4.67. The van der Waals surface area contributed by atoms with E-state index in [4.69, 9.17) is 21.1 Å². The highest BCUT2D eigenvalue weighted by atomic mass is 35.5. The first kappa shape index (κ1) is 12.5. The number of halogens is 1. The summed E-state index contributed by atoms with van der Waals surface area (Å²) in [7, 11) is 3.32. The molecule has 0 bridgehead atoms. The summed E-state index contributed by atoms with van der Waals surface area (Å²) in [6.45, 7) is 2.98. The van der Waals surface area contributed by atoms with Crippen molar-refractivity contribution in [1.82, 2.24) is 5.32 Å². The molecule has 3 nitrogen and oxygen atoms in total. The number of methoxy groups -OCH3 is 2. The van der Waals surface area contributed by atoms with Crippen molar-refractivity contribution in [2.45, 2.75) is 25.8 Å². The van der Waals surface area contributed by atoms with Crippen LogP contribution in [0.5, 0.6) is 11.5 Å². The van der Waals surface area contributed by atoms with Crippen LogP contribution in [-0.2, 0) is 0 Å². The maximum atomic E-state index is 6.33. The Morgan fingerprint density at radius 2 is 2.12 bits per heavy atom. The second kappa shape index (κ2) is 5.15. The molecule has 1 N–H and O–H groups in total. The number of ether oxygens (including phenoxy) is 2. The smallest absolute Gasteiger partial charge is 0.142 e. The molecule has 1 heterocycles. The second-order valence-electron chi connectivity index (χ2n) is 4.29. The molecule has 1 fully saturated rings. The molecule has 0 amide bonds. The van der Waals surface area contributed by atoms with Crippen LogP contribution < -0.4 is 14.8 Å². The van der Waals surface area contributed by atoms with Gasteiger partial charge < -0.3 is 14.8 Å². The van der Waals surface area contributed by atoms with E-state index >= 15 is 0 Å². The molecule has 0 aromatic heterocycles. The summed E-state index contributed by atoms with van der Waals surface area (Å²) in [5, 5.41) is 4.10. The first-order chi connectivity index (χ1) is 8.19. The van der Waals surface area contributed by atoms with Crippen molar-refractivity contribution in [3.05, 3.63) is 22.2 Å². The minimum absolute atomic E-state index is 0.317. The Bertz CT molecular complexity index is 414. The van der Waals surface area contributed by atoms with Gasteiger partial charge in [-0.25, -0.2) is 0 Å². The fraction of sp³-hybridized carbons (Fsp3) is 0.538. The molecule has 1 atom stereocenters. The predicted octanol–water partition coefficient (Wildman–Crippen LogP) is 3.09. The lowest BCUT2D eigenvalue weighted by Crippen LogP contribution is -2.14. The lowest BCUT2D eigenvalue weighted by molar-refractivity contribution is 0.391. The van der Waals surface area contributed by atoms with E-state index in [9.17, 15) is 0 Å². The summed E-state index contributed by atoms with van der Waals surface area (Å²) >= 11 is 6.33. The lowest BCUT2D eigenvalue weighted by atomic mass is 10.0. The van der Waals surface area contributed by atoms with Crippen molar-refractivity contribution in [3.8, 4) is 11.5 Å². The molecule has 0 radical (unpaired) electrons. The zero-order valence-corrected chi connectivity index (χ0v) is 11.2. The molecule has 1 aromatic rings. The molecular weight excluding hydrogens is 238 g/mol. The summed E-state index contributed by atoms with van der Waals surface area (Å²) < 4.78 is 10.8. The Morgan fingerprint density at radius 3 is 2.65 bits per heavy atom. The molecule has 1 aromatic carbocycles. The van der Waals surface area contributed by atoms with Crippen LogP contribution in [0.2, 0.25) is 5.02 Å². The van der Waals surface area contributed by atoms with Gasteiger partial charge in [-0.15, -0.1) is 0 Å². The molecule has 4 heteroatoms. The van der Waals surface area contributed by atoms with Crippen LogP contribution in [0.25, 0.3) is 0 Å². The van der Waals surface area contributed by atoms with Crippen molar-refractivity contribution in [2.24, 2.45) is 0 Å². The van der Waals surface area contributed by atoms with E-state index in [1.807, 2.05) is 13.0 Å². The summed E-state index contributed by atoms with van der Waals surface area (Å²) in [6.07, 6.45) is 2.29. The molecule has 1 saturated heterocycles. The van der Waals surface area contributed by atoms with E-state index in [2.05, 4.69) is 5.32 Å². The predicted molar refractivity (Wildman–Crippen MR) is 69.3 cm³/mol. The van der Waals surface area contributed by atoms with E-state index in [0.29, 0.717) is 11.1 Å². The average Bonchev–Trinajstić information content (AvgIpc) is 2.86. The van der Waals surface area contributed by atoms with Gasteiger partial charge in [-0.05, 0) is 32.4 Å². The molecule has 0 aliphatic carbocycles. The van der Waals surface area contributed by atoms with Gasteiger partial charge in [0.2, 0.25) is 0 Å². The van der Waals surface area contributed by atoms with Gasteiger partial charge in [0.15, 0.2) is 0 Å². The first-order valence-electron chi connectivity index (χ1n) is 5.83. The molecule has 1 aliphatic rings. The summed E-state index contributed by atoms with van der Waals surface area (Å²) in [6, 6.07) is 2.35. The summed E-state index contributed by atoms with van der Waals surface area (Å²) in [5.74, 6) is 1.59. The fourth-order valence-corrected chi connectivity index (χ4v) is 2.63. The quantitative estimate of drug-likeness (QED) is 0.900. The van der Waals surface area contributed by atoms with Gasteiger partial charge in [0.1, 0.15) is 11.5 Å². The van der Waals surface area contributed by atoms with Crippen molar-refractivity contribution >= 4 is 11.6 Å². The highest BCUT2D eigenvalue weighted by Gasteiger charge is 2.24. The molecule has 0 spiro atoms. The van der Waals surface area contributed by atoms with Gasteiger partial charge in [-0.3, -0.25) is 0 Å². The van der Waals surface area contributed by atoms with Crippen molar-refractivity contribution in [1.29, 1.82) is 0 Å². The van der Waals surface area contributed by atoms with Crippen LogP contribution >= 0.6 is 11.6 Å². The minimum Gasteiger partial charge on any atom is -0.496 e. The van der Waals surface area contributed by atoms with Crippen LogP contribution in [0.3, 0.4) is 0 Å². The van der Waals surface area contributed by atoms with Crippen LogP contribution in [0, 0.1) is 6.92 Å². The van der Waals surface area contributed by atoms with E-state index in [0.717, 1.165) is 35.6 Å². The van der Waals surface area contributed by atoms with Crippen LogP contribution in [-0.4, -0.2) is 20.8 Å². The first-order valence-corrected chi connectivity index (χ1v) is 6.21. The van der Waals surface area contributed by atoms with E-state index < -0.39 is 0 Å². The van der Waals surface area contributed by atoms with E-state index in [1.165, 1.54) is 6.42 Å². The Morgan fingerprint density at radius 1 is 1.35 bits per heavy atom. The summed E-state index contributed by atoms with van der Waals surface area (Å²) in [4.78, 5) is 0. The van der Waals surface area contributed by atoms with Gasteiger partial charge in [0, 0.05) is 17.2 Å². The van der Waals surface area contributed by atoms with Crippen LogP contribution in [0.15, 0.2) is 6.07 Å². The number of benzene rings is 1. The van der Waals surface area contributed by atoms with E-state index in [1.54, 1.807) is 14.2 Å². The number of nitrogens with one attached hydrogen (secondary N) is 1. The summed E-state index contributed by atoms with van der Waals surface area (Å²) in [5.41, 5.74) is 2.02. The topological polar surface area (TPSA) is 30.5 Å². The van der Waals surface area contributed by atoms with Gasteiger partial charge in [-0.1, -0.05) is 11.6 Å². The Balaban J connectivity index is 2.51. The molecule has 1 aliphatic heterocycles. The zero-order chi connectivity index (χ0) is 12.4. The third kappa shape index (κ3) is 2.22. The van der Waals surface area contributed by atoms with Crippen molar-refractivity contribution in [2.75, 3.05) is 20.8 Å². The maximum absolute atomic E-state index is 6.33. The van der Waals surface area contributed by atoms with E-state index in [-0.39, 0.29) is 0 Å². The molecule has 1 unspecified atom stereocenters. The maximum Gasteiger partial charge on any atom is 0.142 e. The Hall–Kier alpha value is -0.930. The number of hydrogen-bond donors (Lipinski definition) is 1. The largest absolute Gasteiger partial charge is 0.496 e. The normalized spacial score (nSPS) is 19.4. The van der Waals surface area contributed by atoms with Gasteiger partial charge >= 0.3 is 0 Å². The number of hydrogen-bond acceptors (Lipinski definition) is 3. The standard InChI is InChI=1S/C13H18ClNO2/c1-8-11(16-2)7-9(10-5-4-6-15-10)13(17-3)12(8)14/h7,10,15H,4-6H2,1-3H3. The third-order valence-electron chi connectivity index (χ3n) is 3.31. The molecule has 0 saturated carbocycles. The third-order valence-corrected chi connectivity index (χ3v) is 3.76. The number of rotatable bonds is 3. The Kier molecular flexibility index (Phi) is 3.79. The van der Waals surface area contributed by atoms with Gasteiger partial charge in [-0.2, -0.15) is 0 Å². The van der Waals surface area contributed by atoms with Gasteiger partial charge in [0.05, 0.1) is 19.2 Å². The zero-order valence-electron chi connectivity index (χ0n) is 10.5. The van der Waals surface area contributed by atoms with Crippen molar-refractivity contribution < 1.29 is 9.47 Å². The average molecular weight is 256 g/mol. The van der Waals surface area contributed by atoms with Crippen LogP contribution in [0.1, 0.15) is 30.0 Å². The lowest BCUT2D eigenvalue weighted by Gasteiger charge is -2.19. The van der Waals surface area contributed by atoms with Crippen molar-refractivity contribution in [3.63, 3.8) is 0 Å². The highest BCUT2D eigenvalue weighted by Crippen LogP contribution is 2.42. The fourth-order valence-electron chi connectivity index (χ4n) is 2.35. The highest BCUT2D eigenvalue weighted by molar-refractivity contribution is 6.33. The SMILES string of the molecule is COc1cc(C2CCCN2)c(OC)c(Cl)c1C. The monoisotopic (exact) mass is 255 g/mol. The van der Waals surface area contributed by atoms with Gasteiger partial charge in [0.25, 0.3) is 0 Å². The molecule has 17 heavy (non-hydrogen) atoms. The Labute approximate surface area is 107 Å². The molecule has 2 rings (SSSR count). The van der Waals surface area contributed by atoms with Crippen LogP contribution in [0.4, 0.5) is 0 Å². The minimum atomic E-state index is 0.317. The molecule has 94 valence electrons.